The van der Waals surface area contributed by atoms with E-state index in [0.29, 0.717) is 23.5 Å². The van der Waals surface area contributed by atoms with Gasteiger partial charge in [-0.05, 0) is 24.3 Å². The number of carbonyl (C=O) groups is 1. The van der Waals surface area contributed by atoms with Crippen molar-refractivity contribution in [2.75, 3.05) is 34.5 Å². The number of nitrogens with zero attached hydrogens (tertiary/aromatic N) is 2. The third-order valence-corrected chi connectivity index (χ3v) is 4.81. The molecule has 1 aliphatic rings. The number of ether oxygens (including phenoxy) is 3. The van der Waals surface area contributed by atoms with Gasteiger partial charge in [-0.2, -0.15) is 0 Å². The van der Waals surface area contributed by atoms with Crippen LogP contribution >= 0.6 is 0 Å². The Balaban J connectivity index is 1.69. The molecule has 0 fully saturated rings. The molecule has 7 nitrogen and oxygen atoms in total. The third kappa shape index (κ3) is 5.07. The fourth-order valence-electron chi connectivity index (χ4n) is 3.26. The lowest BCUT2D eigenvalue weighted by molar-refractivity contribution is -0.137. The zero-order valence-electron chi connectivity index (χ0n) is 17.3. The lowest BCUT2D eigenvalue weighted by atomic mass is 10.0. The van der Waals surface area contributed by atoms with E-state index in [1.165, 1.54) is 18.1 Å². The monoisotopic (exact) mass is 416 g/mol. The van der Waals surface area contributed by atoms with Crippen molar-refractivity contribution in [2.45, 2.75) is 19.1 Å². The molecule has 0 unspecified atom stereocenters. The van der Waals surface area contributed by atoms with Crippen LogP contribution in [0.4, 0.5) is 4.39 Å². The van der Waals surface area contributed by atoms with E-state index in [9.17, 15) is 9.18 Å². The Morgan fingerprint density at radius 2 is 1.93 bits per heavy atom. The fraction of sp³-hybridized carbons (Fsp3) is 0.364. The molecule has 160 valence electrons. The van der Waals surface area contributed by atoms with Crippen LogP contribution < -0.4 is 9.47 Å². The molecule has 0 spiro atoms. The molecule has 0 saturated carbocycles. The molecule has 0 bridgehead atoms. The van der Waals surface area contributed by atoms with Gasteiger partial charge in [-0.15, -0.1) is 0 Å². The van der Waals surface area contributed by atoms with Crippen molar-refractivity contribution < 1.29 is 28.2 Å². The Morgan fingerprint density at radius 3 is 2.63 bits per heavy atom. The third-order valence-electron chi connectivity index (χ3n) is 4.81. The van der Waals surface area contributed by atoms with Gasteiger partial charge in [0.25, 0.3) is 0 Å². The Kier molecular flexibility index (Phi) is 7.24. The molecule has 3 rings (SSSR count). The topological polar surface area (TPSA) is 69.6 Å². The smallest absolute Gasteiger partial charge is 0.248 e. The van der Waals surface area contributed by atoms with Crippen molar-refractivity contribution in [3.63, 3.8) is 0 Å². The van der Waals surface area contributed by atoms with E-state index in [2.05, 4.69) is 5.16 Å². The molecule has 0 N–H and O–H groups in total. The van der Waals surface area contributed by atoms with Gasteiger partial charge in [-0.3, -0.25) is 4.79 Å². The van der Waals surface area contributed by atoms with Crippen LogP contribution in [0.3, 0.4) is 0 Å². The number of methoxy groups -OCH3 is 3. The summed E-state index contributed by atoms with van der Waals surface area (Å²) >= 11 is 0. The Hall–Kier alpha value is -3.13. The molecule has 2 aromatic rings. The standard InChI is InChI=1S/C22H25FN2O5/c1-27-14-22(26)25(12-16-6-4-5-7-18(16)23)13-17-11-19(24-30-17)15-8-9-20(28-2)21(10-15)29-3/h4-10,17H,11-14H2,1-3H3/t17-/m0/s1. The molecule has 2 aromatic carbocycles. The predicted octanol–water partition coefficient (Wildman–Crippen LogP) is 3.01. The first kappa shape index (κ1) is 21.6. The predicted molar refractivity (Wildman–Crippen MR) is 109 cm³/mol. The van der Waals surface area contributed by atoms with Gasteiger partial charge in [0, 0.05) is 31.2 Å². The summed E-state index contributed by atoms with van der Waals surface area (Å²) in [5.74, 6) is 0.613. The maximum absolute atomic E-state index is 14.1. The highest BCUT2D eigenvalue weighted by atomic mass is 19.1. The van der Waals surface area contributed by atoms with Gasteiger partial charge in [0.2, 0.25) is 5.91 Å². The van der Waals surface area contributed by atoms with Crippen LogP contribution in [-0.4, -0.2) is 57.1 Å². The number of amides is 1. The van der Waals surface area contributed by atoms with E-state index >= 15 is 0 Å². The van der Waals surface area contributed by atoms with Crippen LogP contribution in [0.2, 0.25) is 0 Å². The molecule has 8 heteroatoms. The van der Waals surface area contributed by atoms with Crippen molar-refractivity contribution in [3.8, 4) is 11.5 Å². The minimum Gasteiger partial charge on any atom is -0.493 e. The number of benzene rings is 2. The zero-order valence-corrected chi connectivity index (χ0v) is 17.3. The molecule has 30 heavy (non-hydrogen) atoms. The number of hydrogen-bond acceptors (Lipinski definition) is 6. The number of halogens is 1. The summed E-state index contributed by atoms with van der Waals surface area (Å²) in [6, 6.07) is 11.9. The largest absolute Gasteiger partial charge is 0.493 e. The molecule has 0 aliphatic carbocycles. The normalized spacial score (nSPS) is 15.3. The van der Waals surface area contributed by atoms with E-state index in [0.717, 1.165) is 11.3 Å². The molecule has 1 atom stereocenters. The Bertz CT molecular complexity index is 918. The molecule has 0 aromatic heterocycles. The highest BCUT2D eigenvalue weighted by Crippen LogP contribution is 2.29. The quantitative estimate of drug-likeness (QED) is 0.629. The van der Waals surface area contributed by atoms with Crippen molar-refractivity contribution >= 4 is 11.6 Å². The van der Waals surface area contributed by atoms with Crippen molar-refractivity contribution in [1.29, 1.82) is 0 Å². The second-order valence-corrected chi connectivity index (χ2v) is 6.84. The van der Waals surface area contributed by atoms with Crippen molar-refractivity contribution in [1.82, 2.24) is 4.90 Å². The van der Waals surface area contributed by atoms with Crippen LogP contribution in [0.25, 0.3) is 0 Å². The van der Waals surface area contributed by atoms with Crippen LogP contribution in [0.5, 0.6) is 11.5 Å². The molecule has 1 aliphatic heterocycles. The number of carbonyl (C=O) groups excluding carboxylic acids is 1. The van der Waals surface area contributed by atoms with E-state index in [1.54, 1.807) is 38.5 Å². The zero-order chi connectivity index (χ0) is 21.5. The minimum atomic E-state index is -0.359. The summed E-state index contributed by atoms with van der Waals surface area (Å²) in [6.07, 6.45) is 0.157. The summed E-state index contributed by atoms with van der Waals surface area (Å²) in [7, 11) is 4.59. The molecule has 1 heterocycles. The first-order valence-corrected chi connectivity index (χ1v) is 9.51. The summed E-state index contributed by atoms with van der Waals surface area (Å²) in [6.45, 7) is 0.293. The molecule has 0 saturated heterocycles. The molecular weight excluding hydrogens is 391 g/mol. The number of rotatable bonds is 9. The summed E-state index contributed by atoms with van der Waals surface area (Å²) in [5, 5.41) is 4.18. The Labute approximate surface area is 175 Å². The van der Waals surface area contributed by atoms with Crippen LogP contribution in [0, 0.1) is 5.82 Å². The maximum atomic E-state index is 14.1. The van der Waals surface area contributed by atoms with Gasteiger partial charge in [0.05, 0.1) is 26.5 Å². The highest BCUT2D eigenvalue weighted by molar-refractivity contribution is 6.01. The summed E-state index contributed by atoms with van der Waals surface area (Å²) in [5.41, 5.74) is 2.02. The lowest BCUT2D eigenvalue weighted by Crippen LogP contribution is -2.39. The fourth-order valence-corrected chi connectivity index (χ4v) is 3.26. The van der Waals surface area contributed by atoms with Gasteiger partial charge < -0.3 is 23.9 Å². The van der Waals surface area contributed by atoms with Crippen LogP contribution in [-0.2, 0) is 20.9 Å². The van der Waals surface area contributed by atoms with Gasteiger partial charge >= 0.3 is 0 Å². The van der Waals surface area contributed by atoms with E-state index < -0.39 is 0 Å². The SMILES string of the molecule is COCC(=O)N(Cc1ccccc1F)C[C@@H]1CC(c2ccc(OC)c(OC)c2)=NO1. The molecule has 0 radical (unpaired) electrons. The molecular formula is C22H25FN2O5. The average molecular weight is 416 g/mol. The van der Waals surface area contributed by atoms with Crippen molar-refractivity contribution in [3.05, 3.63) is 59.4 Å². The lowest BCUT2D eigenvalue weighted by Gasteiger charge is -2.25. The molecule has 1 amide bonds. The van der Waals surface area contributed by atoms with E-state index in [4.69, 9.17) is 19.0 Å². The highest BCUT2D eigenvalue weighted by Gasteiger charge is 2.27. The first-order valence-electron chi connectivity index (χ1n) is 9.51. The number of hydrogen-bond donors (Lipinski definition) is 0. The van der Waals surface area contributed by atoms with Gasteiger partial charge in [0.15, 0.2) is 17.6 Å². The van der Waals surface area contributed by atoms with E-state index in [1.807, 2.05) is 12.1 Å². The maximum Gasteiger partial charge on any atom is 0.248 e. The minimum absolute atomic E-state index is 0.0927. The Morgan fingerprint density at radius 1 is 1.17 bits per heavy atom. The number of oxime groups is 1. The van der Waals surface area contributed by atoms with Crippen molar-refractivity contribution in [2.24, 2.45) is 5.16 Å². The second-order valence-electron chi connectivity index (χ2n) is 6.84. The van der Waals surface area contributed by atoms with Gasteiger partial charge in [-0.25, -0.2) is 4.39 Å². The summed E-state index contributed by atoms with van der Waals surface area (Å²) in [4.78, 5) is 19.6. The summed E-state index contributed by atoms with van der Waals surface area (Å²) < 4.78 is 29.7. The van der Waals surface area contributed by atoms with Gasteiger partial charge in [0.1, 0.15) is 12.4 Å². The average Bonchev–Trinajstić information content (AvgIpc) is 3.23. The van der Waals surface area contributed by atoms with E-state index in [-0.39, 0.29) is 37.5 Å². The first-order chi connectivity index (χ1) is 14.5. The second kappa shape index (κ2) is 10.1. The van der Waals surface area contributed by atoms with Crippen LogP contribution in [0.15, 0.2) is 47.6 Å². The van der Waals surface area contributed by atoms with Gasteiger partial charge in [-0.1, -0.05) is 23.4 Å². The van der Waals surface area contributed by atoms with Crippen LogP contribution in [0.1, 0.15) is 17.5 Å².